The summed E-state index contributed by atoms with van der Waals surface area (Å²) in [5.41, 5.74) is 4.96. The van der Waals surface area contributed by atoms with Crippen molar-refractivity contribution in [2.75, 3.05) is 18.6 Å². The van der Waals surface area contributed by atoms with E-state index in [1.165, 1.54) is 16.7 Å². The highest BCUT2D eigenvalue weighted by atomic mass is 16.2. The Morgan fingerprint density at radius 3 is 2.52 bits per heavy atom. The molecule has 0 unspecified atom stereocenters. The fourth-order valence-corrected chi connectivity index (χ4v) is 2.95. The normalized spacial score (nSPS) is 13.8. The number of aryl methyl sites for hydroxylation is 1. The van der Waals surface area contributed by atoms with Gasteiger partial charge in [-0.05, 0) is 49.7 Å². The first-order chi connectivity index (χ1) is 11.0. The number of fused-ring (bicyclic) bond motifs is 1. The molecule has 0 N–H and O–H groups in total. The van der Waals surface area contributed by atoms with Crippen LogP contribution in [-0.4, -0.2) is 30.3 Å². The average Bonchev–Trinajstić information content (AvgIpc) is 2.77. The van der Waals surface area contributed by atoms with Crippen molar-refractivity contribution in [3.8, 4) is 0 Å². The molecule has 0 spiro atoms. The summed E-state index contributed by atoms with van der Waals surface area (Å²) < 4.78 is 0. The predicted molar refractivity (Wildman–Crippen MR) is 90.5 cm³/mol. The first kappa shape index (κ1) is 15.4. The van der Waals surface area contributed by atoms with Gasteiger partial charge in [0.15, 0.2) is 0 Å². The van der Waals surface area contributed by atoms with Crippen LogP contribution in [0.15, 0.2) is 42.5 Å². The second kappa shape index (κ2) is 5.97. The van der Waals surface area contributed by atoms with Gasteiger partial charge < -0.3 is 0 Å². The minimum atomic E-state index is -0.445. The molecular formula is C19H20N2O2. The van der Waals surface area contributed by atoms with Gasteiger partial charge in [-0.15, -0.1) is 0 Å². The summed E-state index contributed by atoms with van der Waals surface area (Å²) in [6.07, 6.45) is 0. The van der Waals surface area contributed by atoms with E-state index < -0.39 is 11.7 Å². The monoisotopic (exact) mass is 308 g/mol. The maximum Gasteiger partial charge on any atom is 0.300 e. The van der Waals surface area contributed by atoms with Crippen molar-refractivity contribution < 1.29 is 9.59 Å². The average molecular weight is 308 g/mol. The van der Waals surface area contributed by atoms with Gasteiger partial charge in [-0.2, -0.15) is 0 Å². The molecule has 1 aliphatic rings. The number of benzene rings is 2. The van der Waals surface area contributed by atoms with E-state index in [9.17, 15) is 9.59 Å². The van der Waals surface area contributed by atoms with E-state index in [0.717, 1.165) is 6.54 Å². The molecule has 4 heteroatoms. The molecule has 4 nitrogen and oxygen atoms in total. The third-order valence-electron chi connectivity index (χ3n) is 4.42. The van der Waals surface area contributed by atoms with Crippen molar-refractivity contribution in [2.24, 2.45) is 0 Å². The molecule has 2 aromatic carbocycles. The van der Waals surface area contributed by atoms with E-state index in [1.807, 2.05) is 25.2 Å². The molecule has 0 radical (unpaired) electrons. The number of hydrogen-bond acceptors (Lipinski definition) is 3. The Bertz CT molecular complexity index is 783. The molecule has 0 atom stereocenters. The molecule has 1 aliphatic heterocycles. The summed E-state index contributed by atoms with van der Waals surface area (Å²) in [5, 5.41) is 0. The molecule has 3 rings (SSSR count). The SMILES string of the molecule is Cc1cccc(CN(C)CN2C(=O)C(=O)c3ccccc32)c1C. The van der Waals surface area contributed by atoms with Gasteiger partial charge in [-0.1, -0.05) is 30.3 Å². The maximum absolute atomic E-state index is 12.2. The Morgan fingerprint density at radius 2 is 1.74 bits per heavy atom. The number of anilines is 1. The highest BCUT2D eigenvalue weighted by Crippen LogP contribution is 2.28. The van der Waals surface area contributed by atoms with E-state index in [-0.39, 0.29) is 0 Å². The third-order valence-corrected chi connectivity index (χ3v) is 4.42. The van der Waals surface area contributed by atoms with Crippen molar-refractivity contribution in [1.29, 1.82) is 0 Å². The minimum absolute atomic E-state index is 0.398. The molecule has 118 valence electrons. The zero-order valence-electron chi connectivity index (χ0n) is 13.7. The van der Waals surface area contributed by atoms with Gasteiger partial charge in [0.2, 0.25) is 0 Å². The quantitative estimate of drug-likeness (QED) is 0.815. The Balaban J connectivity index is 1.78. The number of para-hydroxylation sites is 1. The topological polar surface area (TPSA) is 40.6 Å². The standard InChI is InChI=1S/C19H20N2O2/c1-13-7-6-8-15(14(13)2)11-20(3)12-21-17-10-5-4-9-16(17)18(22)19(21)23/h4-10H,11-12H2,1-3H3. The van der Waals surface area contributed by atoms with Crippen LogP contribution in [0.2, 0.25) is 0 Å². The fraction of sp³-hybridized carbons (Fsp3) is 0.263. The van der Waals surface area contributed by atoms with Crippen LogP contribution in [0.1, 0.15) is 27.0 Å². The minimum Gasteiger partial charge on any atom is -0.291 e. The third kappa shape index (κ3) is 2.78. The molecule has 1 heterocycles. The highest BCUT2D eigenvalue weighted by molar-refractivity contribution is 6.52. The molecule has 2 aromatic rings. The summed E-state index contributed by atoms with van der Waals surface area (Å²) >= 11 is 0. The number of ketones is 1. The Labute approximate surface area is 136 Å². The molecule has 1 amide bonds. The van der Waals surface area contributed by atoms with Crippen LogP contribution in [0.5, 0.6) is 0 Å². The molecule has 0 aromatic heterocycles. The molecule has 0 bridgehead atoms. The van der Waals surface area contributed by atoms with E-state index in [2.05, 4.69) is 30.9 Å². The summed E-state index contributed by atoms with van der Waals surface area (Å²) in [6, 6.07) is 13.4. The van der Waals surface area contributed by atoms with Crippen LogP contribution in [0.4, 0.5) is 5.69 Å². The number of nitrogens with zero attached hydrogens (tertiary/aromatic N) is 2. The smallest absolute Gasteiger partial charge is 0.291 e. The van der Waals surface area contributed by atoms with Gasteiger partial charge in [-0.25, -0.2) is 0 Å². The summed E-state index contributed by atoms with van der Waals surface area (Å²) in [7, 11) is 1.96. The summed E-state index contributed by atoms with van der Waals surface area (Å²) in [6.45, 7) is 5.33. The lowest BCUT2D eigenvalue weighted by Crippen LogP contribution is -2.39. The first-order valence-electron chi connectivity index (χ1n) is 7.68. The van der Waals surface area contributed by atoms with Crippen LogP contribution in [-0.2, 0) is 11.3 Å². The fourth-order valence-electron chi connectivity index (χ4n) is 2.95. The first-order valence-corrected chi connectivity index (χ1v) is 7.68. The van der Waals surface area contributed by atoms with Crippen molar-refractivity contribution in [2.45, 2.75) is 20.4 Å². The lowest BCUT2D eigenvalue weighted by Gasteiger charge is -2.25. The number of carbonyl (C=O) groups excluding carboxylic acids is 2. The van der Waals surface area contributed by atoms with E-state index in [4.69, 9.17) is 0 Å². The van der Waals surface area contributed by atoms with Crippen LogP contribution in [0, 0.1) is 13.8 Å². The Morgan fingerprint density at radius 1 is 1.00 bits per heavy atom. The van der Waals surface area contributed by atoms with Gasteiger partial charge in [0, 0.05) is 6.54 Å². The molecule has 0 fully saturated rings. The lowest BCUT2D eigenvalue weighted by molar-refractivity contribution is -0.114. The Hall–Kier alpha value is -2.46. The Kier molecular flexibility index (Phi) is 4.01. The number of hydrogen-bond donors (Lipinski definition) is 0. The van der Waals surface area contributed by atoms with Crippen LogP contribution in [0.3, 0.4) is 0 Å². The van der Waals surface area contributed by atoms with Crippen molar-refractivity contribution >= 4 is 17.4 Å². The number of amides is 1. The van der Waals surface area contributed by atoms with Crippen LogP contribution in [0.25, 0.3) is 0 Å². The summed E-state index contributed by atoms with van der Waals surface area (Å²) in [4.78, 5) is 27.9. The van der Waals surface area contributed by atoms with Gasteiger partial charge in [0.05, 0.1) is 17.9 Å². The number of carbonyl (C=O) groups is 2. The zero-order chi connectivity index (χ0) is 16.6. The van der Waals surface area contributed by atoms with Gasteiger partial charge in [-0.3, -0.25) is 19.4 Å². The van der Waals surface area contributed by atoms with E-state index >= 15 is 0 Å². The van der Waals surface area contributed by atoms with Gasteiger partial charge >= 0.3 is 5.91 Å². The molecule has 0 saturated heterocycles. The van der Waals surface area contributed by atoms with Crippen LogP contribution < -0.4 is 4.90 Å². The van der Waals surface area contributed by atoms with E-state index in [0.29, 0.717) is 17.9 Å². The molecular weight excluding hydrogens is 288 g/mol. The maximum atomic E-state index is 12.2. The van der Waals surface area contributed by atoms with E-state index in [1.54, 1.807) is 17.0 Å². The second-order valence-electron chi connectivity index (χ2n) is 6.09. The largest absolute Gasteiger partial charge is 0.300 e. The molecule has 23 heavy (non-hydrogen) atoms. The number of rotatable bonds is 4. The number of Topliss-reactive ketones (excluding diaryl/α,β-unsaturated/α-hetero) is 1. The van der Waals surface area contributed by atoms with Gasteiger partial charge in [0.25, 0.3) is 5.78 Å². The lowest BCUT2D eigenvalue weighted by atomic mass is 10.0. The molecule has 0 aliphatic carbocycles. The molecule has 0 saturated carbocycles. The van der Waals surface area contributed by atoms with Crippen molar-refractivity contribution in [3.63, 3.8) is 0 Å². The van der Waals surface area contributed by atoms with Crippen LogP contribution >= 0.6 is 0 Å². The highest BCUT2D eigenvalue weighted by Gasteiger charge is 2.35. The predicted octanol–water partition coefficient (Wildman–Crippen LogP) is 2.92. The van der Waals surface area contributed by atoms with Gasteiger partial charge in [0.1, 0.15) is 0 Å². The second-order valence-corrected chi connectivity index (χ2v) is 6.09. The zero-order valence-corrected chi connectivity index (χ0v) is 13.7. The van der Waals surface area contributed by atoms with Crippen molar-refractivity contribution in [3.05, 3.63) is 64.7 Å². The van der Waals surface area contributed by atoms with Crippen molar-refractivity contribution in [1.82, 2.24) is 4.90 Å². The summed E-state index contributed by atoms with van der Waals surface area (Å²) in [5.74, 6) is -0.861.